The molecule has 5 nitrogen and oxygen atoms in total. The van der Waals surface area contributed by atoms with Gasteiger partial charge in [-0.2, -0.15) is 13.2 Å². The fraction of sp³-hybridized carbons (Fsp3) is 0.150. The number of hydrogen-bond acceptors (Lipinski definition) is 5. The molecule has 1 aliphatic rings. The molecule has 148 valence electrons. The highest BCUT2D eigenvalue weighted by Crippen LogP contribution is 2.33. The van der Waals surface area contributed by atoms with Gasteiger partial charge in [-0.15, -0.1) is 11.3 Å². The van der Waals surface area contributed by atoms with Gasteiger partial charge in [0.05, 0.1) is 16.8 Å². The Hall–Kier alpha value is -3.20. The number of thiazole rings is 1. The molecule has 1 amide bonds. The number of anilines is 1. The first-order valence-electron chi connectivity index (χ1n) is 8.54. The van der Waals surface area contributed by atoms with Gasteiger partial charge in [0.1, 0.15) is 0 Å². The van der Waals surface area contributed by atoms with E-state index >= 15 is 0 Å². The zero-order valence-electron chi connectivity index (χ0n) is 14.7. The molecule has 29 heavy (non-hydrogen) atoms. The third-order valence-corrected chi connectivity index (χ3v) is 5.16. The number of aromatic nitrogens is 1. The maximum absolute atomic E-state index is 12.9. The van der Waals surface area contributed by atoms with Crippen molar-refractivity contribution in [3.63, 3.8) is 0 Å². The molecule has 0 fully saturated rings. The van der Waals surface area contributed by atoms with Gasteiger partial charge in [-0.3, -0.25) is 10.1 Å². The zero-order chi connectivity index (χ0) is 20.6. The minimum Gasteiger partial charge on any atom is -0.448 e. The number of ether oxygens (including phenoxy) is 1. The van der Waals surface area contributed by atoms with E-state index in [2.05, 4.69) is 10.3 Å². The molecule has 2 heterocycles. The Bertz CT molecular complexity index is 1090. The molecule has 0 aliphatic carbocycles. The normalized spacial score (nSPS) is 16.1. The Morgan fingerprint density at radius 3 is 2.76 bits per heavy atom. The quantitative estimate of drug-likeness (QED) is 0.634. The Balaban J connectivity index is 1.49. The molecule has 1 atom stereocenters. The predicted octanol–water partition coefficient (Wildman–Crippen LogP) is 4.55. The molecule has 1 aromatic heterocycles. The van der Waals surface area contributed by atoms with E-state index in [4.69, 9.17) is 4.74 Å². The third-order valence-electron chi connectivity index (χ3n) is 4.40. The highest BCUT2D eigenvalue weighted by atomic mass is 32.1. The van der Waals surface area contributed by atoms with E-state index in [1.165, 1.54) is 12.1 Å². The fourth-order valence-corrected chi connectivity index (χ4v) is 3.70. The summed E-state index contributed by atoms with van der Waals surface area (Å²) in [6.45, 7) is 0. The Kier molecular flexibility index (Phi) is 4.83. The number of hydrogen-bond donors (Lipinski definition) is 1. The van der Waals surface area contributed by atoms with E-state index < -0.39 is 29.7 Å². The number of alkyl halides is 3. The number of carbonyl (C=O) groups excluding carboxylic acids is 2. The maximum atomic E-state index is 12.9. The first-order valence-corrected chi connectivity index (χ1v) is 9.42. The lowest BCUT2D eigenvalue weighted by molar-refractivity contribution is -0.137. The zero-order valence-corrected chi connectivity index (χ0v) is 15.5. The second-order valence-electron chi connectivity index (χ2n) is 6.36. The van der Waals surface area contributed by atoms with E-state index in [0.29, 0.717) is 16.8 Å². The lowest BCUT2D eigenvalue weighted by Crippen LogP contribution is -2.37. The molecular formula is C20H13F3N2O3S. The largest absolute Gasteiger partial charge is 0.448 e. The summed E-state index contributed by atoms with van der Waals surface area (Å²) in [5, 5.41) is 4.32. The third kappa shape index (κ3) is 4.00. The van der Waals surface area contributed by atoms with E-state index in [-0.39, 0.29) is 17.1 Å². The van der Waals surface area contributed by atoms with Crippen molar-refractivity contribution >= 4 is 28.3 Å². The standard InChI is InChI=1S/C20H13F3N2O3S/c21-20(22,23)13-6-3-5-12(8-13)15-10-29-19(24-15)25-17(26)16-9-11-4-1-2-7-14(11)18(27)28-16/h1-8,10,16H,9H2,(H,24,25,26). The molecule has 0 spiro atoms. The van der Waals surface area contributed by atoms with Gasteiger partial charge in [0.15, 0.2) is 11.2 Å². The summed E-state index contributed by atoms with van der Waals surface area (Å²) in [5.41, 5.74) is 0.962. The minimum atomic E-state index is -4.45. The Morgan fingerprint density at radius 1 is 1.17 bits per heavy atom. The maximum Gasteiger partial charge on any atom is 0.416 e. The van der Waals surface area contributed by atoms with Crippen LogP contribution in [0, 0.1) is 0 Å². The van der Waals surface area contributed by atoms with Gasteiger partial charge < -0.3 is 4.74 Å². The molecule has 1 aliphatic heterocycles. The van der Waals surface area contributed by atoms with Crippen LogP contribution in [-0.2, 0) is 22.1 Å². The van der Waals surface area contributed by atoms with Crippen LogP contribution in [0.2, 0.25) is 0 Å². The van der Waals surface area contributed by atoms with Crippen molar-refractivity contribution in [1.29, 1.82) is 0 Å². The number of carbonyl (C=O) groups is 2. The first kappa shape index (κ1) is 19.1. The summed E-state index contributed by atoms with van der Waals surface area (Å²) >= 11 is 1.07. The van der Waals surface area contributed by atoms with Crippen LogP contribution in [0.4, 0.5) is 18.3 Å². The van der Waals surface area contributed by atoms with Gasteiger partial charge in [-0.05, 0) is 23.8 Å². The topological polar surface area (TPSA) is 68.3 Å². The molecule has 9 heteroatoms. The van der Waals surface area contributed by atoms with Crippen molar-refractivity contribution in [3.8, 4) is 11.3 Å². The Labute approximate surface area is 167 Å². The predicted molar refractivity (Wildman–Crippen MR) is 101 cm³/mol. The summed E-state index contributed by atoms with van der Waals surface area (Å²) < 4.78 is 43.9. The SMILES string of the molecule is O=C1OC(C(=O)Nc2nc(-c3cccc(C(F)(F)F)c3)cs2)Cc2ccccc21. The Morgan fingerprint density at radius 2 is 1.97 bits per heavy atom. The summed E-state index contributed by atoms with van der Waals surface area (Å²) in [4.78, 5) is 28.7. The number of cyclic esters (lactones) is 1. The van der Waals surface area contributed by atoms with Crippen LogP contribution in [0.3, 0.4) is 0 Å². The van der Waals surface area contributed by atoms with E-state index in [1.54, 1.807) is 29.6 Å². The molecule has 4 rings (SSSR count). The van der Waals surface area contributed by atoms with Crippen LogP contribution in [0.25, 0.3) is 11.3 Å². The van der Waals surface area contributed by atoms with Gasteiger partial charge in [-0.25, -0.2) is 9.78 Å². The van der Waals surface area contributed by atoms with Crippen molar-refractivity contribution in [1.82, 2.24) is 4.98 Å². The van der Waals surface area contributed by atoms with Crippen molar-refractivity contribution in [2.24, 2.45) is 0 Å². The smallest absolute Gasteiger partial charge is 0.416 e. The van der Waals surface area contributed by atoms with Crippen LogP contribution in [0.15, 0.2) is 53.9 Å². The molecule has 0 bridgehead atoms. The molecular weight excluding hydrogens is 405 g/mol. The number of nitrogens with one attached hydrogen (secondary N) is 1. The van der Waals surface area contributed by atoms with Gasteiger partial charge in [-0.1, -0.05) is 30.3 Å². The number of esters is 1. The molecule has 0 saturated heterocycles. The molecule has 1 N–H and O–H groups in total. The van der Waals surface area contributed by atoms with Crippen LogP contribution < -0.4 is 5.32 Å². The molecule has 3 aromatic rings. The molecule has 0 radical (unpaired) electrons. The van der Waals surface area contributed by atoms with Crippen molar-refractivity contribution < 1.29 is 27.5 Å². The average molecular weight is 418 g/mol. The molecule has 1 unspecified atom stereocenters. The summed E-state index contributed by atoms with van der Waals surface area (Å²) in [6.07, 6.45) is -5.22. The van der Waals surface area contributed by atoms with Crippen molar-refractivity contribution in [3.05, 3.63) is 70.6 Å². The van der Waals surface area contributed by atoms with Crippen LogP contribution in [0.1, 0.15) is 21.5 Å². The number of benzene rings is 2. The van der Waals surface area contributed by atoms with E-state index in [0.717, 1.165) is 23.5 Å². The van der Waals surface area contributed by atoms with E-state index in [1.807, 2.05) is 0 Å². The van der Waals surface area contributed by atoms with Gasteiger partial charge in [0.25, 0.3) is 5.91 Å². The first-order chi connectivity index (χ1) is 13.8. The van der Waals surface area contributed by atoms with Crippen LogP contribution in [-0.4, -0.2) is 23.0 Å². The van der Waals surface area contributed by atoms with Gasteiger partial charge in [0.2, 0.25) is 0 Å². The van der Waals surface area contributed by atoms with Crippen molar-refractivity contribution in [2.75, 3.05) is 5.32 Å². The molecule has 0 saturated carbocycles. The number of nitrogens with zero attached hydrogens (tertiary/aromatic N) is 1. The van der Waals surface area contributed by atoms with Crippen LogP contribution >= 0.6 is 11.3 Å². The summed E-state index contributed by atoms with van der Waals surface area (Å²) in [6, 6.07) is 11.7. The summed E-state index contributed by atoms with van der Waals surface area (Å²) in [5.74, 6) is -1.12. The lowest BCUT2D eigenvalue weighted by atomic mass is 9.98. The number of fused-ring (bicyclic) bond motifs is 1. The number of amides is 1. The van der Waals surface area contributed by atoms with Gasteiger partial charge >= 0.3 is 12.1 Å². The summed E-state index contributed by atoms with van der Waals surface area (Å²) in [7, 11) is 0. The second-order valence-corrected chi connectivity index (χ2v) is 7.22. The average Bonchev–Trinajstić information content (AvgIpc) is 3.16. The monoisotopic (exact) mass is 418 g/mol. The highest BCUT2D eigenvalue weighted by molar-refractivity contribution is 7.14. The second kappa shape index (κ2) is 7.32. The van der Waals surface area contributed by atoms with Crippen LogP contribution in [0.5, 0.6) is 0 Å². The van der Waals surface area contributed by atoms with Crippen molar-refractivity contribution in [2.45, 2.75) is 18.7 Å². The number of halogens is 3. The molecule has 2 aromatic carbocycles. The minimum absolute atomic E-state index is 0.206. The number of rotatable bonds is 3. The lowest BCUT2D eigenvalue weighted by Gasteiger charge is -2.23. The van der Waals surface area contributed by atoms with Gasteiger partial charge in [0, 0.05) is 17.4 Å². The van der Waals surface area contributed by atoms with E-state index in [9.17, 15) is 22.8 Å². The highest BCUT2D eigenvalue weighted by Gasteiger charge is 2.32. The fourth-order valence-electron chi connectivity index (χ4n) is 2.98.